The minimum absolute atomic E-state index is 0.116. The molecule has 0 aromatic heterocycles. The molecule has 0 aromatic carbocycles. The van der Waals surface area contributed by atoms with Crippen LogP contribution in [0.4, 0.5) is 0 Å². The Morgan fingerprint density at radius 2 is 2.29 bits per heavy atom. The molecule has 0 saturated heterocycles. The summed E-state index contributed by atoms with van der Waals surface area (Å²) in [5.41, 5.74) is 2.08. The van der Waals surface area contributed by atoms with Crippen LogP contribution in [0.1, 0.15) is 6.42 Å². The first kappa shape index (κ1) is 11.2. The highest BCUT2D eigenvalue weighted by Crippen LogP contribution is 2.17. The largest absolute Gasteiger partial charge is 0.392 e. The Balaban J connectivity index is 2.72. The van der Waals surface area contributed by atoms with Crippen molar-refractivity contribution in [2.24, 2.45) is 4.99 Å². The molecule has 0 fully saturated rings. The number of likely N-dealkylation sites (N-methyl/N-ethyl adjacent to an activating group) is 1. The first-order chi connectivity index (χ1) is 6.63. The molecule has 1 aliphatic rings. The van der Waals surface area contributed by atoms with Crippen LogP contribution in [-0.2, 0) is 0 Å². The molecule has 1 N–H and O–H groups in total. The molecule has 0 unspecified atom stereocenters. The summed E-state index contributed by atoms with van der Waals surface area (Å²) in [4.78, 5) is 8.46. The van der Waals surface area contributed by atoms with Gasteiger partial charge in [0.05, 0.1) is 12.9 Å². The van der Waals surface area contributed by atoms with Crippen molar-refractivity contribution >= 4 is 6.34 Å². The molecule has 0 radical (unpaired) electrons. The highest BCUT2D eigenvalue weighted by Gasteiger charge is 2.14. The number of hydrogen-bond donors (Lipinski definition) is 1. The van der Waals surface area contributed by atoms with Gasteiger partial charge in [-0.3, -0.25) is 0 Å². The zero-order valence-electron chi connectivity index (χ0n) is 9.19. The Kier molecular flexibility index (Phi) is 4.10. The third kappa shape index (κ3) is 3.12. The van der Waals surface area contributed by atoms with Crippen molar-refractivity contribution in [1.82, 2.24) is 9.80 Å². The van der Waals surface area contributed by atoms with Gasteiger partial charge in [0.25, 0.3) is 0 Å². The number of aliphatic imine (C=N–C) groups is 1. The number of rotatable bonds is 3. The van der Waals surface area contributed by atoms with E-state index in [-0.39, 0.29) is 6.61 Å². The molecule has 0 aliphatic carbocycles. The number of aliphatic hydroxyl groups is 1. The van der Waals surface area contributed by atoms with Gasteiger partial charge in [0.15, 0.2) is 0 Å². The van der Waals surface area contributed by atoms with Crippen molar-refractivity contribution in [3.05, 3.63) is 11.3 Å². The van der Waals surface area contributed by atoms with E-state index < -0.39 is 0 Å². The van der Waals surface area contributed by atoms with E-state index >= 15 is 0 Å². The monoisotopic (exact) mass is 197 g/mol. The second kappa shape index (κ2) is 5.12. The minimum atomic E-state index is 0.116. The van der Waals surface area contributed by atoms with E-state index in [0.29, 0.717) is 0 Å². The first-order valence-corrected chi connectivity index (χ1v) is 4.84. The normalized spacial score (nSPS) is 19.4. The molecule has 1 aliphatic heterocycles. The molecule has 0 atom stereocenters. The second-order valence-electron chi connectivity index (χ2n) is 3.90. The molecule has 0 spiro atoms. The highest BCUT2D eigenvalue weighted by atomic mass is 16.3. The van der Waals surface area contributed by atoms with Crippen molar-refractivity contribution in [2.45, 2.75) is 6.42 Å². The van der Waals surface area contributed by atoms with E-state index in [1.165, 1.54) is 0 Å². The van der Waals surface area contributed by atoms with Gasteiger partial charge in [0.2, 0.25) is 0 Å². The summed E-state index contributed by atoms with van der Waals surface area (Å²) in [5.74, 6) is 0. The van der Waals surface area contributed by atoms with Gasteiger partial charge in [0, 0.05) is 39.3 Å². The summed E-state index contributed by atoms with van der Waals surface area (Å²) in [6, 6.07) is 0. The molecule has 1 rings (SSSR count). The molecule has 1 heterocycles. The van der Waals surface area contributed by atoms with Crippen LogP contribution >= 0.6 is 0 Å². The van der Waals surface area contributed by atoms with E-state index in [2.05, 4.69) is 16.9 Å². The average Bonchev–Trinajstić information content (AvgIpc) is 2.15. The summed E-state index contributed by atoms with van der Waals surface area (Å²) in [5, 5.41) is 9.17. The molecule has 14 heavy (non-hydrogen) atoms. The molecule has 0 aromatic rings. The second-order valence-corrected chi connectivity index (χ2v) is 3.90. The molecule has 80 valence electrons. The smallest absolute Gasteiger partial charge is 0.0903 e. The Bertz CT molecular complexity index is 246. The van der Waals surface area contributed by atoms with Crippen LogP contribution in [0.25, 0.3) is 0 Å². The zero-order valence-corrected chi connectivity index (χ0v) is 9.19. The molecular formula is C10H19N3O. The highest BCUT2D eigenvalue weighted by molar-refractivity contribution is 5.56. The molecule has 4 nitrogen and oxygen atoms in total. The Labute approximate surface area is 85.5 Å². The lowest BCUT2D eigenvalue weighted by atomic mass is 10.1. The van der Waals surface area contributed by atoms with Gasteiger partial charge in [-0.2, -0.15) is 0 Å². The van der Waals surface area contributed by atoms with E-state index in [1.807, 2.05) is 19.0 Å². The Hall–Kier alpha value is -0.870. The lowest BCUT2D eigenvalue weighted by Gasteiger charge is -2.25. The van der Waals surface area contributed by atoms with Gasteiger partial charge in [-0.25, -0.2) is 4.99 Å². The van der Waals surface area contributed by atoms with E-state index in [0.717, 1.165) is 30.8 Å². The number of nitrogens with zero attached hydrogens (tertiary/aromatic N) is 3. The van der Waals surface area contributed by atoms with Crippen LogP contribution in [0.3, 0.4) is 0 Å². The molecular weight excluding hydrogens is 178 g/mol. The van der Waals surface area contributed by atoms with Gasteiger partial charge >= 0.3 is 0 Å². The third-order valence-corrected chi connectivity index (χ3v) is 2.23. The van der Waals surface area contributed by atoms with Gasteiger partial charge in [0.1, 0.15) is 0 Å². The van der Waals surface area contributed by atoms with Crippen LogP contribution < -0.4 is 0 Å². The van der Waals surface area contributed by atoms with Crippen molar-refractivity contribution in [3.63, 3.8) is 0 Å². The van der Waals surface area contributed by atoms with Crippen LogP contribution in [0.2, 0.25) is 0 Å². The van der Waals surface area contributed by atoms with Gasteiger partial charge in [-0.1, -0.05) is 0 Å². The standard InChI is InChI=1S/C10H19N3O/c1-12(2)8-11-10-4-5-13(3)6-9(10)7-14/h8,14H,4-7H2,1-3H3. The van der Waals surface area contributed by atoms with E-state index in [4.69, 9.17) is 0 Å². The summed E-state index contributed by atoms with van der Waals surface area (Å²) < 4.78 is 0. The Morgan fingerprint density at radius 3 is 2.86 bits per heavy atom. The summed E-state index contributed by atoms with van der Waals surface area (Å²) in [6.45, 7) is 1.96. The number of hydrogen-bond acceptors (Lipinski definition) is 3. The summed E-state index contributed by atoms with van der Waals surface area (Å²) >= 11 is 0. The predicted octanol–water partition coefficient (Wildman–Crippen LogP) is 0.158. The zero-order chi connectivity index (χ0) is 10.6. The maximum absolute atomic E-state index is 9.17. The maximum Gasteiger partial charge on any atom is 0.0903 e. The van der Waals surface area contributed by atoms with E-state index in [1.54, 1.807) is 6.34 Å². The maximum atomic E-state index is 9.17. The van der Waals surface area contributed by atoms with Crippen molar-refractivity contribution in [1.29, 1.82) is 0 Å². The van der Waals surface area contributed by atoms with Crippen LogP contribution in [-0.4, -0.2) is 62.1 Å². The first-order valence-electron chi connectivity index (χ1n) is 4.84. The Morgan fingerprint density at radius 1 is 1.57 bits per heavy atom. The van der Waals surface area contributed by atoms with Crippen molar-refractivity contribution in [2.75, 3.05) is 40.8 Å². The third-order valence-electron chi connectivity index (χ3n) is 2.23. The van der Waals surface area contributed by atoms with Crippen LogP contribution in [0.15, 0.2) is 16.3 Å². The molecule has 0 bridgehead atoms. The summed E-state index contributed by atoms with van der Waals surface area (Å²) in [6.07, 6.45) is 2.72. The molecule has 4 heteroatoms. The van der Waals surface area contributed by atoms with Gasteiger partial charge in [-0.15, -0.1) is 0 Å². The average molecular weight is 197 g/mol. The fourth-order valence-electron chi connectivity index (χ4n) is 1.45. The fourth-order valence-corrected chi connectivity index (χ4v) is 1.45. The quantitative estimate of drug-likeness (QED) is 0.517. The lowest BCUT2D eigenvalue weighted by molar-refractivity contribution is 0.283. The van der Waals surface area contributed by atoms with Crippen LogP contribution in [0.5, 0.6) is 0 Å². The molecule has 0 amide bonds. The predicted molar refractivity (Wildman–Crippen MR) is 58.4 cm³/mol. The molecule has 0 saturated carbocycles. The fraction of sp³-hybridized carbons (Fsp3) is 0.700. The number of aliphatic hydroxyl groups excluding tert-OH is 1. The topological polar surface area (TPSA) is 39.1 Å². The summed E-state index contributed by atoms with van der Waals surface area (Å²) in [7, 11) is 5.94. The van der Waals surface area contributed by atoms with Crippen molar-refractivity contribution in [3.8, 4) is 0 Å². The van der Waals surface area contributed by atoms with Gasteiger partial charge < -0.3 is 14.9 Å². The SMILES string of the molecule is CN(C)C=NC1=C(CO)CN(C)CC1. The minimum Gasteiger partial charge on any atom is -0.392 e. The van der Waals surface area contributed by atoms with Crippen molar-refractivity contribution < 1.29 is 5.11 Å². The van der Waals surface area contributed by atoms with Gasteiger partial charge in [-0.05, 0) is 12.6 Å². The lowest BCUT2D eigenvalue weighted by Crippen LogP contribution is -2.29. The van der Waals surface area contributed by atoms with E-state index in [9.17, 15) is 5.11 Å². The van der Waals surface area contributed by atoms with Crippen LogP contribution in [0, 0.1) is 0 Å².